The van der Waals surface area contributed by atoms with Crippen molar-refractivity contribution < 1.29 is 12.8 Å². The number of aromatic nitrogens is 2. The number of hydrogen-bond donors (Lipinski definition) is 0. The molecule has 30 heavy (non-hydrogen) atoms. The van der Waals surface area contributed by atoms with Crippen LogP contribution in [0, 0.1) is 19.7 Å². The SMILES string of the molecule is Cc1nn(-c2ccc(Cl)cc2)c(C)c1S(=O)(=O)N1CCN(c2ccccc2F)CC1. The molecule has 2 heterocycles. The van der Waals surface area contributed by atoms with Crippen molar-refractivity contribution in [2.75, 3.05) is 31.1 Å². The maximum absolute atomic E-state index is 14.1. The molecule has 3 aromatic rings. The van der Waals surface area contributed by atoms with Gasteiger partial charge in [-0.1, -0.05) is 23.7 Å². The zero-order valence-electron chi connectivity index (χ0n) is 16.7. The summed E-state index contributed by atoms with van der Waals surface area (Å²) in [5.74, 6) is -0.301. The largest absolute Gasteiger partial charge is 0.367 e. The molecule has 4 rings (SSSR count). The quantitative estimate of drug-likeness (QED) is 0.609. The molecule has 1 fully saturated rings. The minimum absolute atomic E-state index is 0.219. The number of anilines is 1. The van der Waals surface area contributed by atoms with Gasteiger partial charge in [-0.15, -0.1) is 0 Å². The van der Waals surface area contributed by atoms with E-state index in [-0.39, 0.29) is 23.8 Å². The minimum atomic E-state index is -3.73. The van der Waals surface area contributed by atoms with Crippen LogP contribution in [0.1, 0.15) is 11.4 Å². The first kappa shape index (κ1) is 20.8. The van der Waals surface area contributed by atoms with Crippen molar-refractivity contribution in [1.82, 2.24) is 14.1 Å². The lowest BCUT2D eigenvalue weighted by molar-refractivity contribution is 0.382. The second-order valence-corrected chi connectivity index (χ2v) is 9.54. The van der Waals surface area contributed by atoms with Gasteiger partial charge in [-0.25, -0.2) is 17.5 Å². The number of aryl methyl sites for hydroxylation is 1. The lowest BCUT2D eigenvalue weighted by Gasteiger charge is -2.35. The normalized spacial score (nSPS) is 15.5. The van der Waals surface area contributed by atoms with Gasteiger partial charge in [0, 0.05) is 31.2 Å². The monoisotopic (exact) mass is 448 g/mol. The van der Waals surface area contributed by atoms with E-state index in [1.807, 2.05) is 4.90 Å². The molecular formula is C21H22ClFN4O2S. The lowest BCUT2D eigenvalue weighted by Crippen LogP contribution is -2.49. The van der Waals surface area contributed by atoms with Crippen LogP contribution in [-0.4, -0.2) is 48.7 Å². The predicted molar refractivity (Wildman–Crippen MR) is 115 cm³/mol. The second kappa shape index (κ2) is 8.02. The van der Waals surface area contributed by atoms with E-state index in [0.717, 1.165) is 5.69 Å². The van der Waals surface area contributed by atoms with Gasteiger partial charge in [0.25, 0.3) is 0 Å². The Labute approximate surface area is 180 Å². The zero-order chi connectivity index (χ0) is 21.5. The van der Waals surface area contributed by atoms with Gasteiger partial charge in [0.2, 0.25) is 10.0 Å². The van der Waals surface area contributed by atoms with E-state index >= 15 is 0 Å². The molecule has 1 aromatic heterocycles. The molecule has 6 nitrogen and oxygen atoms in total. The summed E-state index contributed by atoms with van der Waals surface area (Å²) in [5, 5.41) is 5.05. The fourth-order valence-electron chi connectivity index (χ4n) is 3.84. The molecule has 2 aromatic carbocycles. The van der Waals surface area contributed by atoms with Crippen LogP contribution in [0.3, 0.4) is 0 Å². The fourth-order valence-corrected chi connectivity index (χ4v) is 5.74. The molecule has 0 radical (unpaired) electrons. The summed E-state index contributed by atoms with van der Waals surface area (Å²) in [7, 11) is -3.73. The third kappa shape index (κ3) is 3.71. The molecule has 9 heteroatoms. The van der Waals surface area contributed by atoms with Gasteiger partial charge in [-0.3, -0.25) is 0 Å². The maximum atomic E-state index is 14.1. The summed E-state index contributed by atoms with van der Waals surface area (Å²) in [6.45, 7) is 4.84. The van der Waals surface area contributed by atoms with E-state index in [0.29, 0.717) is 35.2 Å². The van der Waals surface area contributed by atoms with Crippen molar-refractivity contribution in [3.8, 4) is 5.69 Å². The van der Waals surface area contributed by atoms with Crippen LogP contribution in [0.2, 0.25) is 5.02 Å². The molecule has 0 bridgehead atoms. The highest BCUT2D eigenvalue weighted by Gasteiger charge is 2.33. The molecule has 0 N–H and O–H groups in total. The molecule has 0 unspecified atom stereocenters. The fraction of sp³-hybridized carbons (Fsp3) is 0.286. The molecule has 158 valence electrons. The number of sulfonamides is 1. The Morgan fingerprint density at radius 3 is 2.23 bits per heavy atom. The van der Waals surface area contributed by atoms with Crippen molar-refractivity contribution >= 4 is 27.3 Å². The molecule has 1 aliphatic rings. The van der Waals surface area contributed by atoms with E-state index < -0.39 is 10.0 Å². The first-order valence-corrected chi connectivity index (χ1v) is 11.4. The molecule has 0 saturated carbocycles. The van der Waals surface area contributed by atoms with Crippen LogP contribution in [0.15, 0.2) is 53.4 Å². The van der Waals surface area contributed by atoms with Crippen molar-refractivity contribution in [3.63, 3.8) is 0 Å². The van der Waals surface area contributed by atoms with E-state index in [4.69, 9.17) is 11.6 Å². The lowest BCUT2D eigenvalue weighted by atomic mass is 10.2. The summed E-state index contributed by atoms with van der Waals surface area (Å²) in [5.41, 5.74) is 2.23. The number of piperazine rings is 1. The summed E-state index contributed by atoms with van der Waals surface area (Å²) < 4.78 is 43.9. The number of nitrogens with zero attached hydrogens (tertiary/aromatic N) is 4. The number of benzene rings is 2. The summed E-state index contributed by atoms with van der Waals surface area (Å²) >= 11 is 5.96. The van der Waals surface area contributed by atoms with E-state index in [1.165, 1.54) is 10.4 Å². The Morgan fingerprint density at radius 1 is 0.967 bits per heavy atom. The van der Waals surface area contributed by atoms with Gasteiger partial charge in [-0.05, 0) is 50.2 Å². The van der Waals surface area contributed by atoms with Crippen molar-refractivity contribution in [2.45, 2.75) is 18.7 Å². The molecule has 1 saturated heterocycles. The summed E-state index contributed by atoms with van der Waals surface area (Å²) in [6, 6.07) is 13.6. The topological polar surface area (TPSA) is 58.4 Å². The average molecular weight is 449 g/mol. The van der Waals surface area contributed by atoms with Gasteiger partial charge in [-0.2, -0.15) is 9.40 Å². The number of hydrogen-bond acceptors (Lipinski definition) is 4. The van der Waals surface area contributed by atoms with Crippen LogP contribution in [-0.2, 0) is 10.0 Å². The smallest absolute Gasteiger partial charge is 0.246 e. The van der Waals surface area contributed by atoms with Crippen molar-refractivity contribution in [1.29, 1.82) is 0 Å². The summed E-state index contributed by atoms with van der Waals surface area (Å²) in [4.78, 5) is 2.09. The molecular weight excluding hydrogens is 427 g/mol. The Hall–Kier alpha value is -2.42. The molecule has 1 aliphatic heterocycles. The van der Waals surface area contributed by atoms with E-state index in [1.54, 1.807) is 61.0 Å². The molecule has 0 atom stereocenters. The van der Waals surface area contributed by atoms with Gasteiger partial charge < -0.3 is 4.90 Å². The van der Waals surface area contributed by atoms with E-state index in [9.17, 15) is 12.8 Å². The summed E-state index contributed by atoms with van der Waals surface area (Å²) in [6.07, 6.45) is 0. The van der Waals surface area contributed by atoms with Crippen molar-refractivity contribution in [3.05, 3.63) is 70.8 Å². The van der Waals surface area contributed by atoms with Gasteiger partial charge in [0.15, 0.2) is 0 Å². The Balaban J connectivity index is 1.59. The number of para-hydroxylation sites is 1. The number of halogens is 2. The van der Waals surface area contributed by atoms with Crippen LogP contribution in [0.25, 0.3) is 5.69 Å². The standard InChI is InChI=1S/C21H22ClFN4O2S/c1-15-21(16(2)27(24-15)18-9-7-17(22)8-10-18)30(28,29)26-13-11-25(12-14-26)20-6-4-3-5-19(20)23/h3-10H,11-14H2,1-2H3. The van der Waals surface area contributed by atoms with Crippen LogP contribution < -0.4 is 4.90 Å². The van der Waals surface area contributed by atoms with Gasteiger partial charge >= 0.3 is 0 Å². The Kier molecular flexibility index (Phi) is 5.57. The molecule has 0 aliphatic carbocycles. The third-order valence-electron chi connectivity index (χ3n) is 5.33. The first-order valence-electron chi connectivity index (χ1n) is 9.61. The highest BCUT2D eigenvalue weighted by molar-refractivity contribution is 7.89. The Morgan fingerprint density at radius 2 is 1.60 bits per heavy atom. The molecule has 0 spiro atoms. The zero-order valence-corrected chi connectivity index (χ0v) is 18.3. The van der Waals surface area contributed by atoms with Crippen LogP contribution >= 0.6 is 11.6 Å². The maximum Gasteiger partial charge on any atom is 0.246 e. The van der Waals surface area contributed by atoms with Gasteiger partial charge in [0.05, 0.1) is 22.8 Å². The number of rotatable bonds is 4. The average Bonchev–Trinajstić information content (AvgIpc) is 3.04. The minimum Gasteiger partial charge on any atom is -0.367 e. The van der Waals surface area contributed by atoms with Crippen LogP contribution in [0.4, 0.5) is 10.1 Å². The van der Waals surface area contributed by atoms with E-state index in [2.05, 4.69) is 5.10 Å². The third-order valence-corrected chi connectivity index (χ3v) is 7.73. The highest BCUT2D eigenvalue weighted by Crippen LogP contribution is 2.28. The first-order chi connectivity index (χ1) is 14.3. The van der Waals surface area contributed by atoms with Crippen molar-refractivity contribution in [2.24, 2.45) is 0 Å². The van der Waals surface area contributed by atoms with Gasteiger partial charge in [0.1, 0.15) is 10.7 Å². The highest BCUT2D eigenvalue weighted by atomic mass is 35.5. The predicted octanol–water partition coefficient (Wildman–Crippen LogP) is 3.79. The Bertz CT molecular complexity index is 1170. The second-order valence-electron chi connectivity index (χ2n) is 7.23. The molecule has 0 amide bonds. The van der Waals surface area contributed by atoms with Crippen LogP contribution in [0.5, 0.6) is 0 Å².